The Hall–Kier alpha value is -1.99. The van der Waals surface area contributed by atoms with E-state index in [1.807, 2.05) is 6.92 Å². The van der Waals surface area contributed by atoms with E-state index in [4.69, 9.17) is 16.3 Å². The van der Waals surface area contributed by atoms with Gasteiger partial charge in [0.05, 0.1) is 16.4 Å². The van der Waals surface area contributed by atoms with E-state index in [0.717, 1.165) is 11.5 Å². The van der Waals surface area contributed by atoms with E-state index in [1.165, 1.54) is 6.92 Å². The molecule has 6 nitrogen and oxygen atoms in total. The summed E-state index contributed by atoms with van der Waals surface area (Å²) in [6, 6.07) is 6.82. The van der Waals surface area contributed by atoms with E-state index in [2.05, 4.69) is 14.9 Å². The van der Waals surface area contributed by atoms with Gasteiger partial charge in [-0.05, 0) is 37.0 Å². The lowest BCUT2D eigenvalue weighted by atomic mass is 10.3. The molecule has 1 aromatic carbocycles. The quantitative estimate of drug-likeness (QED) is 0.847. The van der Waals surface area contributed by atoms with Crippen LogP contribution in [0.5, 0.6) is 0 Å². The van der Waals surface area contributed by atoms with E-state index < -0.39 is 18.0 Å². The number of para-hydroxylation sites is 1. The lowest BCUT2D eigenvalue weighted by Crippen LogP contribution is -2.30. The molecule has 0 radical (unpaired) electrons. The third kappa shape index (κ3) is 3.80. The van der Waals surface area contributed by atoms with Crippen molar-refractivity contribution in [2.24, 2.45) is 0 Å². The van der Waals surface area contributed by atoms with Crippen molar-refractivity contribution in [3.63, 3.8) is 0 Å². The molecule has 0 spiro atoms. The number of rotatable bonds is 5. The van der Waals surface area contributed by atoms with Crippen molar-refractivity contribution in [3.8, 4) is 0 Å². The minimum absolute atomic E-state index is 0.319. The molecule has 22 heavy (non-hydrogen) atoms. The summed E-state index contributed by atoms with van der Waals surface area (Å²) in [6.07, 6.45) is -0.392. The van der Waals surface area contributed by atoms with Gasteiger partial charge in [0.1, 0.15) is 0 Å². The number of nitrogens with zero attached hydrogens (tertiary/aromatic N) is 2. The van der Waals surface area contributed by atoms with Crippen LogP contribution in [0, 0.1) is 0 Å². The lowest BCUT2D eigenvalue weighted by Gasteiger charge is -2.13. The summed E-state index contributed by atoms with van der Waals surface area (Å²) in [5.74, 6) is -1.06. The first-order valence-electron chi connectivity index (χ1n) is 6.60. The van der Waals surface area contributed by atoms with Crippen molar-refractivity contribution in [1.29, 1.82) is 0 Å². The molecular weight excluding hydrogens is 326 g/mol. The van der Waals surface area contributed by atoms with Gasteiger partial charge in [-0.1, -0.05) is 35.1 Å². The van der Waals surface area contributed by atoms with Gasteiger partial charge in [0.25, 0.3) is 5.91 Å². The molecule has 2 aromatic rings. The Balaban J connectivity index is 2.00. The molecular formula is C14H14ClN3O3S. The fourth-order valence-electron chi connectivity index (χ4n) is 1.66. The predicted molar refractivity (Wildman–Crippen MR) is 84.2 cm³/mol. The highest BCUT2D eigenvalue weighted by atomic mass is 35.5. The van der Waals surface area contributed by atoms with Crippen LogP contribution in [0.3, 0.4) is 0 Å². The molecule has 0 fully saturated rings. The van der Waals surface area contributed by atoms with E-state index >= 15 is 0 Å². The summed E-state index contributed by atoms with van der Waals surface area (Å²) in [6.45, 7) is 3.35. The second-order valence-corrected chi connectivity index (χ2v) is 5.58. The van der Waals surface area contributed by atoms with Crippen LogP contribution >= 0.6 is 23.1 Å². The highest BCUT2D eigenvalue weighted by Gasteiger charge is 2.23. The van der Waals surface area contributed by atoms with Crippen LogP contribution in [-0.4, -0.2) is 27.6 Å². The van der Waals surface area contributed by atoms with Crippen LogP contribution in [-0.2, 0) is 16.0 Å². The topological polar surface area (TPSA) is 81.2 Å². The molecule has 0 unspecified atom stereocenters. The minimum atomic E-state index is -0.962. The van der Waals surface area contributed by atoms with Gasteiger partial charge in [-0.3, -0.25) is 4.79 Å². The predicted octanol–water partition coefficient (Wildman–Crippen LogP) is 2.94. The standard InChI is InChI=1S/C14H14ClN3O3S/c1-3-10-12(22-18-17-10)14(20)21-8(2)13(19)16-11-7-5-4-6-9(11)15/h4-8H,3H2,1-2H3,(H,16,19)/t8-/m1/s1. The van der Waals surface area contributed by atoms with Crippen LogP contribution in [0.1, 0.15) is 29.2 Å². The largest absolute Gasteiger partial charge is 0.448 e. The number of halogens is 1. The summed E-state index contributed by atoms with van der Waals surface area (Å²) in [7, 11) is 0. The zero-order chi connectivity index (χ0) is 16.1. The fraction of sp³-hybridized carbons (Fsp3) is 0.286. The number of carbonyl (C=O) groups excluding carboxylic acids is 2. The van der Waals surface area contributed by atoms with Crippen LogP contribution in [0.25, 0.3) is 0 Å². The van der Waals surface area contributed by atoms with Crippen LogP contribution < -0.4 is 5.32 Å². The summed E-state index contributed by atoms with van der Waals surface area (Å²) in [5.41, 5.74) is 1.03. The highest BCUT2D eigenvalue weighted by molar-refractivity contribution is 7.07. The number of hydrogen-bond acceptors (Lipinski definition) is 6. The van der Waals surface area contributed by atoms with Gasteiger partial charge >= 0.3 is 5.97 Å². The molecule has 0 saturated carbocycles. The molecule has 0 aliphatic carbocycles. The van der Waals surface area contributed by atoms with Gasteiger partial charge in [0, 0.05) is 0 Å². The number of aryl methyl sites for hydroxylation is 1. The van der Waals surface area contributed by atoms with E-state index in [1.54, 1.807) is 24.3 Å². The average Bonchev–Trinajstić information content (AvgIpc) is 2.98. The molecule has 1 amide bonds. The van der Waals surface area contributed by atoms with Gasteiger partial charge in [-0.15, -0.1) is 5.10 Å². The highest BCUT2D eigenvalue weighted by Crippen LogP contribution is 2.21. The van der Waals surface area contributed by atoms with E-state index in [9.17, 15) is 9.59 Å². The van der Waals surface area contributed by atoms with Crippen molar-refractivity contribution in [1.82, 2.24) is 9.59 Å². The van der Waals surface area contributed by atoms with Crippen molar-refractivity contribution >= 4 is 40.7 Å². The SMILES string of the molecule is CCc1nnsc1C(=O)O[C@H](C)C(=O)Nc1ccccc1Cl. The van der Waals surface area contributed by atoms with Gasteiger partial charge in [0.2, 0.25) is 0 Å². The Morgan fingerprint density at radius 2 is 2.14 bits per heavy atom. The van der Waals surface area contributed by atoms with Gasteiger partial charge < -0.3 is 10.1 Å². The molecule has 1 aromatic heterocycles. The number of hydrogen-bond donors (Lipinski definition) is 1. The first-order valence-corrected chi connectivity index (χ1v) is 7.75. The maximum Gasteiger partial charge on any atom is 0.352 e. The normalized spacial score (nSPS) is 11.8. The number of aromatic nitrogens is 2. The lowest BCUT2D eigenvalue weighted by molar-refractivity contribution is -0.123. The first-order chi connectivity index (χ1) is 10.5. The summed E-state index contributed by atoms with van der Waals surface area (Å²) in [4.78, 5) is 24.4. The zero-order valence-corrected chi connectivity index (χ0v) is 13.6. The first kappa shape index (κ1) is 16.4. The molecule has 1 heterocycles. The molecule has 8 heteroatoms. The fourth-order valence-corrected chi connectivity index (χ4v) is 2.48. The molecule has 1 N–H and O–H groups in total. The Bertz CT molecular complexity index is 689. The number of nitrogens with one attached hydrogen (secondary N) is 1. The van der Waals surface area contributed by atoms with E-state index in [0.29, 0.717) is 27.7 Å². The molecule has 2 rings (SSSR count). The van der Waals surface area contributed by atoms with Crippen LogP contribution in [0.15, 0.2) is 24.3 Å². The molecule has 0 aliphatic rings. The summed E-state index contributed by atoms with van der Waals surface area (Å²) < 4.78 is 8.87. The Labute approximate surface area is 136 Å². The maximum atomic E-state index is 12.0. The summed E-state index contributed by atoms with van der Waals surface area (Å²) in [5, 5.41) is 6.86. The number of benzene rings is 1. The van der Waals surface area contributed by atoms with Crippen molar-refractivity contribution in [3.05, 3.63) is 39.9 Å². The van der Waals surface area contributed by atoms with Crippen LogP contribution in [0.4, 0.5) is 5.69 Å². The second kappa shape index (κ2) is 7.33. The number of carbonyl (C=O) groups is 2. The number of esters is 1. The Morgan fingerprint density at radius 3 is 2.82 bits per heavy atom. The van der Waals surface area contributed by atoms with Gasteiger partial charge in [-0.2, -0.15) is 0 Å². The third-order valence-electron chi connectivity index (χ3n) is 2.86. The molecule has 0 bridgehead atoms. The number of amides is 1. The number of anilines is 1. The van der Waals surface area contributed by atoms with Crippen molar-refractivity contribution < 1.29 is 14.3 Å². The Morgan fingerprint density at radius 1 is 1.41 bits per heavy atom. The monoisotopic (exact) mass is 339 g/mol. The molecule has 116 valence electrons. The Kier molecular flexibility index (Phi) is 5.46. The van der Waals surface area contributed by atoms with Crippen LogP contribution in [0.2, 0.25) is 5.02 Å². The smallest absolute Gasteiger partial charge is 0.352 e. The van der Waals surface area contributed by atoms with Gasteiger partial charge in [-0.25, -0.2) is 4.79 Å². The number of ether oxygens (including phenoxy) is 1. The third-order valence-corrected chi connectivity index (χ3v) is 3.94. The minimum Gasteiger partial charge on any atom is -0.448 e. The molecule has 0 saturated heterocycles. The second-order valence-electron chi connectivity index (χ2n) is 4.42. The van der Waals surface area contributed by atoms with Crippen molar-refractivity contribution in [2.45, 2.75) is 26.4 Å². The van der Waals surface area contributed by atoms with Gasteiger partial charge in [0.15, 0.2) is 11.0 Å². The molecule has 0 aliphatic heterocycles. The summed E-state index contributed by atoms with van der Waals surface area (Å²) >= 11 is 6.92. The zero-order valence-electron chi connectivity index (χ0n) is 12.0. The van der Waals surface area contributed by atoms with E-state index in [-0.39, 0.29) is 0 Å². The average molecular weight is 340 g/mol. The van der Waals surface area contributed by atoms with Crippen molar-refractivity contribution in [2.75, 3.05) is 5.32 Å². The molecule has 1 atom stereocenters. The maximum absolute atomic E-state index is 12.0.